The van der Waals surface area contributed by atoms with Gasteiger partial charge in [0.25, 0.3) is 0 Å². The van der Waals surface area contributed by atoms with E-state index >= 15 is 0 Å². The SMILES string of the molecule is CCNC(c1ccsc1C)C1CC2CCC(C1)N2C. The number of piperidine rings is 1. The molecule has 0 aromatic carbocycles. The summed E-state index contributed by atoms with van der Waals surface area (Å²) in [6.07, 6.45) is 5.58. The van der Waals surface area contributed by atoms with Gasteiger partial charge in [-0.05, 0) is 69.1 Å². The van der Waals surface area contributed by atoms with E-state index in [4.69, 9.17) is 0 Å². The van der Waals surface area contributed by atoms with Crippen molar-refractivity contribution in [3.05, 3.63) is 21.9 Å². The number of aryl methyl sites for hydroxylation is 1. The van der Waals surface area contributed by atoms with E-state index in [1.54, 1.807) is 5.56 Å². The molecule has 2 bridgehead atoms. The first kappa shape index (κ1) is 13.6. The Balaban J connectivity index is 1.80. The van der Waals surface area contributed by atoms with Gasteiger partial charge < -0.3 is 10.2 Å². The van der Waals surface area contributed by atoms with E-state index in [2.05, 4.69) is 42.6 Å². The fourth-order valence-electron chi connectivity index (χ4n) is 4.19. The van der Waals surface area contributed by atoms with Gasteiger partial charge in [0.15, 0.2) is 0 Å². The van der Waals surface area contributed by atoms with Crippen LogP contribution in [0.5, 0.6) is 0 Å². The Hall–Kier alpha value is -0.380. The van der Waals surface area contributed by atoms with Crippen LogP contribution in [0.3, 0.4) is 0 Å². The molecule has 1 N–H and O–H groups in total. The van der Waals surface area contributed by atoms with Crippen LogP contribution in [0.4, 0.5) is 0 Å². The Morgan fingerprint density at radius 3 is 2.58 bits per heavy atom. The zero-order valence-electron chi connectivity index (χ0n) is 12.4. The van der Waals surface area contributed by atoms with Gasteiger partial charge in [0.1, 0.15) is 0 Å². The lowest BCUT2D eigenvalue weighted by Gasteiger charge is -2.40. The van der Waals surface area contributed by atoms with Crippen LogP contribution in [-0.2, 0) is 0 Å². The van der Waals surface area contributed by atoms with Crippen molar-refractivity contribution in [3.63, 3.8) is 0 Å². The molecule has 2 saturated heterocycles. The van der Waals surface area contributed by atoms with Crippen molar-refractivity contribution in [3.8, 4) is 0 Å². The van der Waals surface area contributed by atoms with Crippen LogP contribution in [0.25, 0.3) is 0 Å². The van der Waals surface area contributed by atoms with Crippen LogP contribution in [0, 0.1) is 12.8 Å². The average molecular weight is 278 g/mol. The number of nitrogens with zero attached hydrogens (tertiary/aromatic N) is 1. The summed E-state index contributed by atoms with van der Waals surface area (Å²) in [5, 5.41) is 6.02. The van der Waals surface area contributed by atoms with Crippen LogP contribution in [0.15, 0.2) is 11.4 Å². The number of thiophene rings is 1. The van der Waals surface area contributed by atoms with Gasteiger partial charge in [-0.3, -0.25) is 0 Å². The van der Waals surface area contributed by atoms with Crippen LogP contribution in [0.2, 0.25) is 0 Å². The molecule has 3 heteroatoms. The predicted octanol–water partition coefficient (Wildman–Crippen LogP) is 3.58. The molecule has 3 heterocycles. The smallest absolute Gasteiger partial charge is 0.0360 e. The minimum absolute atomic E-state index is 0.577. The highest BCUT2D eigenvalue weighted by Gasteiger charge is 2.41. The molecule has 3 atom stereocenters. The first-order chi connectivity index (χ1) is 9.20. The Morgan fingerprint density at radius 2 is 2.05 bits per heavy atom. The summed E-state index contributed by atoms with van der Waals surface area (Å²) in [5.41, 5.74) is 1.56. The number of hydrogen-bond acceptors (Lipinski definition) is 3. The second-order valence-corrected chi connectivity index (χ2v) is 7.37. The molecular formula is C16H26N2S. The maximum Gasteiger partial charge on any atom is 0.0360 e. The molecule has 2 fully saturated rings. The molecule has 0 saturated carbocycles. The highest BCUT2D eigenvalue weighted by atomic mass is 32.1. The molecular weight excluding hydrogens is 252 g/mol. The van der Waals surface area contributed by atoms with Crippen molar-refractivity contribution in [2.45, 2.75) is 57.7 Å². The molecule has 0 amide bonds. The van der Waals surface area contributed by atoms with Gasteiger partial charge in [0.2, 0.25) is 0 Å². The van der Waals surface area contributed by atoms with Gasteiger partial charge in [-0.25, -0.2) is 0 Å². The molecule has 2 aliphatic rings. The number of rotatable bonds is 4. The quantitative estimate of drug-likeness (QED) is 0.905. The Labute approximate surface area is 121 Å². The van der Waals surface area contributed by atoms with Crippen molar-refractivity contribution >= 4 is 11.3 Å². The summed E-state index contributed by atoms with van der Waals surface area (Å²) in [6, 6.07) is 4.59. The Kier molecular flexibility index (Phi) is 3.97. The van der Waals surface area contributed by atoms with Gasteiger partial charge >= 0.3 is 0 Å². The Morgan fingerprint density at radius 1 is 1.37 bits per heavy atom. The first-order valence-corrected chi connectivity index (χ1v) is 8.58. The summed E-state index contributed by atoms with van der Waals surface area (Å²) in [7, 11) is 2.33. The van der Waals surface area contributed by atoms with Crippen molar-refractivity contribution in [2.75, 3.05) is 13.6 Å². The molecule has 2 aliphatic heterocycles. The van der Waals surface area contributed by atoms with E-state index in [0.717, 1.165) is 24.5 Å². The van der Waals surface area contributed by atoms with E-state index in [-0.39, 0.29) is 0 Å². The molecule has 106 valence electrons. The first-order valence-electron chi connectivity index (χ1n) is 7.70. The average Bonchev–Trinajstić information content (AvgIpc) is 2.87. The summed E-state index contributed by atoms with van der Waals surface area (Å²) in [4.78, 5) is 4.14. The van der Waals surface area contributed by atoms with Gasteiger partial charge in [0.05, 0.1) is 0 Å². The van der Waals surface area contributed by atoms with E-state index in [0.29, 0.717) is 6.04 Å². The molecule has 2 nitrogen and oxygen atoms in total. The van der Waals surface area contributed by atoms with Crippen LogP contribution >= 0.6 is 11.3 Å². The van der Waals surface area contributed by atoms with E-state index in [1.165, 1.54) is 30.6 Å². The maximum absolute atomic E-state index is 3.77. The number of hydrogen-bond donors (Lipinski definition) is 1. The lowest BCUT2D eigenvalue weighted by atomic mass is 9.82. The fourth-order valence-corrected chi connectivity index (χ4v) is 4.94. The third-order valence-corrected chi connectivity index (χ3v) is 6.13. The molecule has 19 heavy (non-hydrogen) atoms. The summed E-state index contributed by atoms with van der Waals surface area (Å²) in [5.74, 6) is 0.821. The van der Waals surface area contributed by atoms with E-state index < -0.39 is 0 Å². The zero-order valence-corrected chi connectivity index (χ0v) is 13.2. The third-order valence-electron chi connectivity index (χ3n) is 5.26. The highest BCUT2D eigenvalue weighted by molar-refractivity contribution is 7.10. The van der Waals surface area contributed by atoms with Gasteiger partial charge in [-0.1, -0.05) is 6.92 Å². The van der Waals surface area contributed by atoms with Crippen LogP contribution in [0.1, 0.15) is 49.1 Å². The molecule has 0 spiro atoms. The molecule has 3 unspecified atom stereocenters. The van der Waals surface area contributed by atoms with Crippen molar-refractivity contribution in [1.82, 2.24) is 10.2 Å². The minimum Gasteiger partial charge on any atom is -0.310 e. The summed E-state index contributed by atoms with van der Waals surface area (Å²) >= 11 is 1.89. The largest absolute Gasteiger partial charge is 0.310 e. The molecule has 1 aromatic rings. The van der Waals surface area contributed by atoms with Crippen molar-refractivity contribution in [1.29, 1.82) is 0 Å². The Bertz CT molecular complexity index is 414. The lowest BCUT2D eigenvalue weighted by Crippen LogP contribution is -2.43. The second kappa shape index (κ2) is 5.55. The number of nitrogens with one attached hydrogen (secondary N) is 1. The second-order valence-electron chi connectivity index (χ2n) is 6.25. The normalized spacial score (nSPS) is 32.7. The molecule has 3 rings (SSSR count). The summed E-state index contributed by atoms with van der Waals surface area (Å²) in [6.45, 7) is 5.58. The molecule has 0 aliphatic carbocycles. The lowest BCUT2D eigenvalue weighted by molar-refractivity contribution is 0.113. The van der Waals surface area contributed by atoms with Gasteiger partial charge in [0, 0.05) is 23.0 Å². The number of fused-ring (bicyclic) bond motifs is 2. The topological polar surface area (TPSA) is 15.3 Å². The van der Waals surface area contributed by atoms with Crippen LogP contribution in [-0.4, -0.2) is 30.6 Å². The standard InChI is InChI=1S/C16H26N2S/c1-4-17-16(15-7-8-19-11(15)2)12-9-13-5-6-14(10-12)18(13)3/h7-8,12-14,16-17H,4-6,9-10H2,1-3H3. The van der Waals surface area contributed by atoms with Crippen molar-refractivity contribution in [2.24, 2.45) is 5.92 Å². The minimum atomic E-state index is 0.577. The van der Waals surface area contributed by atoms with Gasteiger partial charge in [-0.15, -0.1) is 11.3 Å². The van der Waals surface area contributed by atoms with Crippen LogP contribution < -0.4 is 5.32 Å². The molecule has 0 radical (unpaired) electrons. The molecule has 1 aromatic heterocycles. The van der Waals surface area contributed by atoms with Crippen molar-refractivity contribution < 1.29 is 0 Å². The van der Waals surface area contributed by atoms with Gasteiger partial charge in [-0.2, -0.15) is 0 Å². The maximum atomic E-state index is 3.77. The highest BCUT2D eigenvalue weighted by Crippen LogP contribution is 2.43. The third kappa shape index (κ3) is 2.48. The predicted molar refractivity (Wildman–Crippen MR) is 82.8 cm³/mol. The zero-order chi connectivity index (χ0) is 13.4. The summed E-state index contributed by atoms with van der Waals surface area (Å²) < 4.78 is 0. The van der Waals surface area contributed by atoms with E-state index in [1.807, 2.05) is 11.3 Å². The fraction of sp³-hybridized carbons (Fsp3) is 0.750. The van der Waals surface area contributed by atoms with E-state index in [9.17, 15) is 0 Å². The monoisotopic (exact) mass is 278 g/mol.